The van der Waals surface area contributed by atoms with Crippen LogP contribution in [-0.4, -0.2) is 22.8 Å². The van der Waals surface area contributed by atoms with Gasteiger partial charge in [-0.2, -0.15) is 0 Å². The van der Waals surface area contributed by atoms with Gasteiger partial charge in [-0.1, -0.05) is 31.5 Å². The molecule has 0 saturated carbocycles. The molecular formula is C18H20ClN3O4S. The van der Waals surface area contributed by atoms with Gasteiger partial charge in [0.2, 0.25) is 5.91 Å². The largest absolute Gasteiger partial charge is 0.347 e. The van der Waals surface area contributed by atoms with Crippen LogP contribution in [0, 0.1) is 16.0 Å². The monoisotopic (exact) mass is 409 g/mol. The average Bonchev–Trinajstić information content (AvgIpc) is 3.13. The Hall–Kier alpha value is -2.45. The summed E-state index contributed by atoms with van der Waals surface area (Å²) in [7, 11) is 0. The zero-order valence-corrected chi connectivity index (χ0v) is 16.6. The molecule has 2 atom stereocenters. The predicted octanol–water partition coefficient (Wildman–Crippen LogP) is 3.94. The Morgan fingerprint density at radius 1 is 1.19 bits per heavy atom. The third-order valence-electron chi connectivity index (χ3n) is 3.97. The molecule has 0 aliphatic heterocycles. The highest BCUT2D eigenvalue weighted by Crippen LogP contribution is 2.23. The highest BCUT2D eigenvalue weighted by Gasteiger charge is 2.27. The quantitative estimate of drug-likeness (QED) is 0.534. The van der Waals surface area contributed by atoms with Gasteiger partial charge in [-0.3, -0.25) is 19.7 Å². The fourth-order valence-electron chi connectivity index (χ4n) is 2.47. The lowest BCUT2D eigenvalue weighted by atomic mass is 10.0. The van der Waals surface area contributed by atoms with Crippen molar-refractivity contribution in [1.29, 1.82) is 0 Å². The summed E-state index contributed by atoms with van der Waals surface area (Å²) in [6.45, 7) is 5.51. The third kappa shape index (κ3) is 5.27. The van der Waals surface area contributed by atoms with Gasteiger partial charge in [0, 0.05) is 17.0 Å². The fourth-order valence-corrected chi connectivity index (χ4v) is 3.46. The Bertz CT molecular complexity index is 839. The maximum atomic E-state index is 12.6. The van der Waals surface area contributed by atoms with Crippen molar-refractivity contribution in [2.45, 2.75) is 32.9 Å². The maximum absolute atomic E-state index is 12.6. The standard InChI is InChI=1S/C18H20ClN3O4S/c1-10(2)16(18(24)20-11(3)15-5-4-8-27-15)21-17(23)13-7-6-12(22(25)26)9-14(13)19/h4-11,16H,1-3H3,(H,20,24)(H,21,23). The molecule has 2 aromatic rings. The van der Waals surface area contributed by atoms with Crippen molar-refractivity contribution in [3.05, 3.63) is 61.3 Å². The Morgan fingerprint density at radius 3 is 2.41 bits per heavy atom. The van der Waals surface area contributed by atoms with E-state index >= 15 is 0 Å². The van der Waals surface area contributed by atoms with Gasteiger partial charge in [-0.15, -0.1) is 11.3 Å². The first-order valence-electron chi connectivity index (χ1n) is 8.29. The smallest absolute Gasteiger partial charge is 0.270 e. The molecule has 1 aromatic heterocycles. The van der Waals surface area contributed by atoms with E-state index < -0.39 is 16.9 Å². The molecule has 0 aliphatic rings. The van der Waals surface area contributed by atoms with Gasteiger partial charge in [0.25, 0.3) is 11.6 Å². The summed E-state index contributed by atoms with van der Waals surface area (Å²) in [5.41, 5.74) is -0.133. The molecule has 2 N–H and O–H groups in total. The van der Waals surface area contributed by atoms with E-state index in [-0.39, 0.29) is 34.1 Å². The molecular weight excluding hydrogens is 390 g/mol. The molecule has 144 valence electrons. The molecule has 0 radical (unpaired) electrons. The number of halogens is 1. The first-order valence-corrected chi connectivity index (χ1v) is 9.55. The zero-order valence-electron chi connectivity index (χ0n) is 15.1. The number of carbonyl (C=O) groups is 2. The number of hydrogen-bond donors (Lipinski definition) is 2. The van der Waals surface area contributed by atoms with Crippen molar-refractivity contribution in [3.63, 3.8) is 0 Å². The molecule has 27 heavy (non-hydrogen) atoms. The van der Waals surface area contributed by atoms with Crippen LogP contribution in [0.1, 0.15) is 42.0 Å². The molecule has 0 fully saturated rings. The number of thiophene rings is 1. The summed E-state index contributed by atoms with van der Waals surface area (Å²) in [6, 6.07) is 6.46. The van der Waals surface area contributed by atoms with Crippen molar-refractivity contribution < 1.29 is 14.5 Å². The van der Waals surface area contributed by atoms with Crippen LogP contribution in [0.15, 0.2) is 35.7 Å². The average molecular weight is 410 g/mol. The highest BCUT2D eigenvalue weighted by molar-refractivity contribution is 7.10. The molecule has 0 saturated heterocycles. The molecule has 1 heterocycles. The van der Waals surface area contributed by atoms with Crippen LogP contribution < -0.4 is 10.6 Å². The summed E-state index contributed by atoms with van der Waals surface area (Å²) in [4.78, 5) is 36.4. The minimum absolute atomic E-state index is 0.0448. The van der Waals surface area contributed by atoms with E-state index in [2.05, 4.69) is 10.6 Å². The van der Waals surface area contributed by atoms with Gasteiger partial charge in [0.1, 0.15) is 6.04 Å². The molecule has 0 bridgehead atoms. The molecule has 1 aromatic carbocycles. The molecule has 9 heteroatoms. The summed E-state index contributed by atoms with van der Waals surface area (Å²) in [5.74, 6) is -1.04. The summed E-state index contributed by atoms with van der Waals surface area (Å²) < 4.78 is 0. The van der Waals surface area contributed by atoms with Gasteiger partial charge in [-0.05, 0) is 30.4 Å². The lowest BCUT2D eigenvalue weighted by Gasteiger charge is -2.24. The fraction of sp³-hybridized carbons (Fsp3) is 0.333. The third-order valence-corrected chi connectivity index (χ3v) is 5.34. The van der Waals surface area contributed by atoms with Crippen LogP contribution in [0.3, 0.4) is 0 Å². The number of benzene rings is 1. The summed E-state index contributed by atoms with van der Waals surface area (Å²) >= 11 is 7.53. The molecule has 2 amide bonds. The van der Waals surface area contributed by atoms with Crippen LogP contribution in [-0.2, 0) is 4.79 Å². The van der Waals surface area contributed by atoms with Crippen LogP contribution in [0.5, 0.6) is 0 Å². The van der Waals surface area contributed by atoms with E-state index in [1.807, 2.05) is 38.3 Å². The Kier molecular flexibility index (Phi) is 6.92. The van der Waals surface area contributed by atoms with E-state index in [0.717, 1.165) is 10.9 Å². The number of nitrogens with one attached hydrogen (secondary N) is 2. The van der Waals surface area contributed by atoms with Gasteiger partial charge >= 0.3 is 0 Å². The van der Waals surface area contributed by atoms with Crippen molar-refractivity contribution in [2.24, 2.45) is 5.92 Å². The number of carbonyl (C=O) groups excluding carboxylic acids is 2. The Labute approximate surface area is 165 Å². The number of hydrogen-bond acceptors (Lipinski definition) is 5. The predicted molar refractivity (Wildman–Crippen MR) is 105 cm³/mol. The second-order valence-corrected chi connectivity index (χ2v) is 7.75. The van der Waals surface area contributed by atoms with Crippen molar-refractivity contribution in [2.75, 3.05) is 0 Å². The van der Waals surface area contributed by atoms with Gasteiger partial charge in [0.15, 0.2) is 0 Å². The number of non-ortho nitro benzene ring substituents is 1. The van der Waals surface area contributed by atoms with Crippen LogP contribution in [0.2, 0.25) is 5.02 Å². The van der Waals surface area contributed by atoms with Crippen LogP contribution >= 0.6 is 22.9 Å². The van der Waals surface area contributed by atoms with Gasteiger partial charge in [0.05, 0.1) is 21.6 Å². The molecule has 0 spiro atoms. The van der Waals surface area contributed by atoms with E-state index in [9.17, 15) is 19.7 Å². The first-order chi connectivity index (χ1) is 12.7. The van der Waals surface area contributed by atoms with Crippen molar-refractivity contribution in [1.82, 2.24) is 10.6 Å². The molecule has 0 aliphatic carbocycles. The number of nitrogens with zero attached hydrogens (tertiary/aromatic N) is 1. The first kappa shape index (κ1) is 20.9. The van der Waals surface area contributed by atoms with E-state index in [1.165, 1.54) is 23.5 Å². The summed E-state index contributed by atoms with van der Waals surface area (Å²) in [6.07, 6.45) is 0. The lowest BCUT2D eigenvalue weighted by Crippen LogP contribution is -2.50. The van der Waals surface area contributed by atoms with Crippen molar-refractivity contribution >= 4 is 40.4 Å². The van der Waals surface area contributed by atoms with Crippen LogP contribution in [0.4, 0.5) is 5.69 Å². The second kappa shape index (κ2) is 8.96. The van der Waals surface area contributed by atoms with Crippen LogP contribution in [0.25, 0.3) is 0 Å². The maximum Gasteiger partial charge on any atom is 0.270 e. The van der Waals surface area contributed by atoms with E-state index in [1.54, 1.807) is 0 Å². The minimum atomic E-state index is -0.772. The highest BCUT2D eigenvalue weighted by atomic mass is 35.5. The molecule has 2 rings (SSSR count). The number of amides is 2. The number of nitro groups is 1. The minimum Gasteiger partial charge on any atom is -0.347 e. The van der Waals surface area contributed by atoms with E-state index in [4.69, 9.17) is 11.6 Å². The SMILES string of the molecule is CC(NC(=O)C(NC(=O)c1ccc([N+](=O)[O-])cc1Cl)C(C)C)c1cccs1. The topological polar surface area (TPSA) is 101 Å². The Morgan fingerprint density at radius 2 is 1.89 bits per heavy atom. The normalized spacial score (nSPS) is 13.1. The van der Waals surface area contributed by atoms with Gasteiger partial charge < -0.3 is 10.6 Å². The Balaban J connectivity index is 2.12. The molecule has 2 unspecified atom stereocenters. The lowest BCUT2D eigenvalue weighted by molar-refractivity contribution is -0.384. The van der Waals surface area contributed by atoms with Crippen molar-refractivity contribution in [3.8, 4) is 0 Å². The number of nitro benzene ring substituents is 1. The summed E-state index contributed by atoms with van der Waals surface area (Å²) in [5, 5.41) is 18.2. The number of rotatable bonds is 7. The van der Waals surface area contributed by atoms with Gasteiger partial charge in [-0.25, -0.2) is 0 Å². The molecule has 7 nitrogen and oxygen atoms in total. The van der Waals surface area contributed by atoms with E-state index in [0.29, 0.717) is 0 Å². The second-order valence-electron chi connectivity index (χ2n) is 6.36. The zero-order chi connectivity index (χ0) is 20.1.